The minimum atomic E-state index is -4.44. The van der Waals surface area contributed by atoms with E-state index in [0.717, 1.165) is 22.8 Å². The number of anilines is 2. The Morgan fingerprint density at radius 2 is 1.70 bits per heavy atom. The van der Waals surface area contributed by atoms with Gasteiger partial charge in [0.1, 0.15) is 12.4 Å². The van der Waals surface area contributed by atoms with Crippen molar-refractivity contribution in [2.45, 2.75) is 11.3 Å². The van der Waals surface area contributed by atoms with Crippen LogP contribution in [0.25, 0.3) is 10.9 Å². The number of benzene rings is 2. The summed E-state index contributed by atoms with van der Waals surface area (Å²) in [5.41, 5.74) is 1.50. The third-order valence-electron chi connectivity index (χ3n) is 3.44. The quantitative estimate of drug-likeness (QED) is 0.487. The normalized spacial score (nSPS) is 11.4. The fourth-order valence-electron chi connectivity index (χ4n) is 2.25. The van der Waals surface area contributed by atoms with Crippen LogP contribution in [0.15, 0.2) is 59.8 Å². The molecule has 0 atom stereocenters. The summed E-state index contributed by atoms with van der Waals surface area (Å²) < 4.78 is 36.5. The molecule has 3 aromatic rings. The molecule has 0 spiro atoms. The molecule has 0 saturated carbocycles. The maximum atomic E-state index is 12.2. The second-order valence-corrected chi connectivity index (χ2v) is 6.49. The molecule has 9 heteroatoms. The lowest BCUT2D eigenvalue weighted by Gasteiger charge is -2.11. The minimum absolute atomic E-state index is 0.209. The molecule has 1 heterocycles. The van der Waals surface area contributed by atoms with E-state index in [0.29, 0.717) is 16.5 Å². The summed E-state index contributed by atoms with van der Waals surface area (Å²) in [5, 5.41) is 6.13. The van der Waals surface area contributed by atoms with E-state index in [9.17, 15) is 18.0 Å². The predicted octanol–water partition coefficient (Wildman–Crippen LogP) is 4.14. The summed E-state index contributed by atoms with van der Waals surface area (Å²) in [6.07, 6.45) is -4.44. The molecule has 1 aromatic heterocycles. The lowest BCUT2D eigenvalue weighted by atomic mass is 10.2. The average molecular weight is 392 g/mol. The smallest absolute Gasteiger partial charge is 0.346 e. The van der Waals surface area contributed by atoms with Gasteiger partial charge < -0.3 is 10.6 Å². The largest absolute Gasteiger partial charge is 0.405 e. The zero-order valence-corrected chi connectivity index (χ0v) is 14.8. The van der Waals surface area contributed by atoms with Gasteiger partial charge in [0, 0.05) is 11.1 Å². The van der Waals surface area contributed by atoms with Crippen LogP contribution in [0.5, 0.6) is 0 Å². The molecule has 0 bridgehead atoms. The Hall–Kier alpha value is -2.81. The molecule has 140 valence electrons. The van der Waals surface area contributed by atoms with Gasteiger partial charge in [-0.1, -0.05) is 42.1 Å². The molecule has 0 unspecified atom stereocenters. The fourth-order valence-corrected chi connectivity index (χ4v) is 2.93. The summed E-state index contributed by atoms with van der Waals surface area (Å²) in [5.74, 6) is -0.379. The van der Waals surface area contributed by atoms with E-state index in [1.165, 1.54) is 0 Å². The van der Waals surface area contributed by atoms with Crippen LogP contribution in [-0.4, -0.2) is 34.3 Å². The third kappa shape index (κ3) is 5.58. The second-order valence-electron chi connectivity index (χ2n) is 5.54. The van der Waals surface area contributed by atoms with Gasteiger partial charge in [-0.15, -0.1) is 0 Å². The highest BCUT2D eigenvalue weighted by Crippen LogP contribution is 2.26. The Kier molecular flexibility index (Phi) is 5.80. The topological polar surface area (TPSA) is 66.9 Å². The molecule has 0 aliphatic rings. The number of nitrogens with one attached hydrogen (secondary N) is 2. The number of halogens is 3. The zero-order chi connectivity index (χ0) is 19.3. The summed E-state index contributed by atoms with van der Waals surface area (Å²) in [4.78, 5) is 20.4. The van der Waals surface area contributed by atoms with Crippen LogP contribution in [0.3, 0.4) is 0 Å². The Balaban J connectivity index is 1.77. The first-order valence-corrected chi connectivity index (χ1v) is 8.94. The minimum Gasteiger partial charge on any atom is -0.346 e. The maximum absolute atomic E-state index is 12.2. The number of rotatable bonds is 6. The monoisotopic (exact) mass is 392 g/mol. The Morgan fingerprint density at radius 1 is 1.00 bits per heavy atom. The van der Waals surface area contributed by atoms with Gasteiger partial charge in [0.15, 0.2) is 5.16 Å². The van der Waals surface area contributed by atoms with Crippen molar-refractivity contribution in [3.63, 3.8) is 0 Å². The molecule has 3 rings (SSSR count). The molecule has 27 heavy (non-hydrogen) atoms. The van der Waals surface area contributed by atoms with E-state index in [1.54, 1.807) is 6.07 Å². The van der Waals surface area contributed by atoms with Crippen LogP contribution in [0.4, 0.5) is 24.7 Å². The molecule has 5 nitrogen and oxygen atoms in total. The molecule has 0 aliphatic heterocycles. The second kappa shape index (κ2) is 8.26. The first kappa shape index (κ1) is 19.0. The van der Waals surface area contributed by atoms with Gasteiger partial charge in [0.2, 0.25) is 5.91 Å². The van der Waals surface area contributed by atoms with Crippen molar-refractivity contribution in [1.82, 2.24) is 15.3 Å². The number of carbonyl (C=O) groups excluding carboxylic acids is 1. The number of hydrogen-bond donors (Lipinski definition) is 2. The summed E-state index contributed by atoms with van der Waals surface area (Å²) in [6, 6.07) is 16.8. The predicted molar refractivity (Wildman–Crippen MR) is 99.1 cm³/mol. The number of thioether (sulfide) groups is 1. The van der Waals surface area contributed by atoms with E-state index >= 15 is 0 Å². The number of fused-ring (bicyclic) bond motifs is 1. The van der Waals surface area contributed by atoms with Crippen LogP contribution >= 0.6 is 11.8 Å². The zero-order valence-electron chi connectivity index (χ0n) is 14.0. The number of aromatic nitrogens is 2. The summed E-state index contributed by atoms with van der Waals surface area (Å²) in [7, 11) is 0. The van der Waals surface area contributed by atoms with Crippen LogP contribution in [0.2, 0.25) is 0 Å². The van der Waals surface area contributed by atoms with E-state index in [1.807, 2.05) is 53.8 Å². The lowest BCUT2D eigenvalue weighted by molar-refractivity contribution is -0.136. The first-order chi connectivity index (χ1) is 12.9. The molecule has 0 radical (unpaired) electrons. The van der Waals surface area contributed by atoms with Crippen molar-refractivity contribution in [2.75, 3.05) is 17.6 Å². The molecule has 2 N–H and O–H groups in total. The first-order valence-electron chi connectivity index (χ1n) is 7.96. The third-order valence-corrected chi connectivity index (χ3v) is 4.28. The van der Waals surface area contributed by atoms with Crippen molar-refractivity contribution >= 4 is 40.1 Å². The van der Waals surface area contributed by atoms with Gasteiger partial charge in [-0.2, -0.15) is 13.2 Å². The van der Waals surface area contributed by atoms with Crippen molar-refractivity contribution in [2.24, 2.45) is 0 Å². The van der Waals surface area contributed by atoms with Crippen molar-refractivity contribution < 1.29 is 18.0 Å². The van der Waals surface area contributed by atoms with Crippen LogP contribution in [0.1, 0.15) is 0 Å². The van der Waals surface area contributed by atoms with Gasteiger partial charge >= 0.3 is 6.18 Å². The van der Waals surface area contributed by atoms with E-state index < -0.39 is 18.6 Å². The molecule has 0 aliphatic carbocycles. The van der Waals surface area contributed by atoms with Gasteiger partial charge in [0.05, 0.1) is 11.3 Å². The summed E-state index contributed by atoms with van der Waals surface area (Å²) >= 11 is 0.977. The van der Waals surface area contributed by atoms with Crippen LogP contribution in [-0.2, 0) is 4.79 Å². The SMILES string of the molecule is O=C(CSc1nc(Nc2ccccc2)c2ccccc2n1)NCC(F)(F)F. The van der Waals surface area contributed by atoms with E-state index in [-0.39, 0.29) is 5.75 Å². The average Bonchev–Trinajstić information content (AvgIpc) is 2.65. The Labute approximate surface area is 157 Å². The number of alkyl halides is 3. The maximum Gasteiger partial charge on any atom is 0.405 e. The Morgan fingerprint density at radius 3 is 2.44 bits per heavy atom. The van der Waals surface area contributed by atoms with Gasteiger partial charge in [-0.3, -0.25) is 4.79 Å². The standard InChI is InChI=1S/C18H15F3N4OS/c19-18(20,21)11-22-15(26)10-27-17-24-14-9-5-4-8-13(14)16(25-17)23-12-6-2-1-3-7-12/h1-9H,10-11H2,(H,22,26)(H,23,24,25). The highest BCUT2D eigenvalue weighted by Gasteiger charge is 2.27. The highest BCUT2D eigenvalue weighted by molar-refractivity contribution is 7.99. The molecule has 1 amide bonds. The van der Waals surface area contributed by atoms with Gasteiger partial charge in [-0.05, 0) is 24.3 Å². The van der Waals surface area contributed by atoms with E-state index in [2.05, 4.69) is 15.3 Å². The van der Waals surface area contributed by atoms with Crippen molar-refractivity contribution in [3.8, 4) is 0 Å². The lowest BCUT2D eigenvalue weighted by Crippen LogP contribution is -2.34. The van der Waals surface area contributed by atoms with Crippen molar-refractivity contribution in [1.29, 1.82) is 0 Å². The number of para-hydroxylation sites is 2. The molecular formula is C18H15F3N4OS. The molecule has 0 fully saturated rings. The highest BCUT2D eigenvalue weighted by atomic mass is 32.2. The van der Waals surface area contributed by atoms with Gasteiger partial charge in [0.25, 0.3) is 0 Å². The van der Waals surface area contributed by atoms with E-state index in [4.69, 9.17) is 0 Å². The molecule has 2 aromatic carbocycles. The molecular weight excluding hydrogens is 377 g/mol. The fraction of sp³-hybridized carbons (Fsp3) is 0.167. The summed E-state index contributed by atoms with van der Waals surface area (Å²) in [6.45, 7) is -1.36. The number of amides is 1. The number of nitrogens with zero attached hydrogens (tertiary/aromatic N) is 2. The van der Waals surface area contributed by atoms with Crippen LogP contribution < -0.4 is 10.6 Å². The number of hydrogen-bond acceptors (Lipinski definition) is 5. The van der Waals surface area contributed by atoms with Gasteiger partial charge in [-0.25, -0.2) is 9.97 Å². The van der Waals surface area contributed by atoms with Crippen LogP contribution in [0, 0.1) is 0 Å². The number of carbonyl (C=O) groups is 1. The Bertz CT molecular complexity index is 935. The van der Waals surface area contributed by atoms with Crippen molar-refractivity contribution in [3.05, 3.63) is 54.6 Å². The molecule has 0 saturated heterocycles.